The van der Waals surface area contributed by atoms with Gasteiger partial charge in [0.15, 0.2) is 0 Å². The quantitative estimate of drug-likeness (QED) is 0.413. The zero-order valence-electron chi connectivity index (χ0n) is 20.5. The first kappa shape index (κ1) is 25.4. The third-order valence-corrected chi connectivity index (χ3v) is 11.5. The maximum Gasteiger partial charge on any atom is 0.418 e. The summed E-state index contributed by atoms with van der Waals surface area (Å²) in [5.74, 6) is -0.797. The standard InChI is InChI=1S/C24H30F4N4O2Si/c1-22(2)16-12-29-19(31-20(33)23(10-7-11-23)35(3,4)5)14(16)13-32(22)21(34)30-18-15(24(26,27)28)8-6-9-17(18)25/h6,8-9H,7,10-13H2,1-5H3,(H,30,34)(H,29,31,33). The van der Waals surface area contributed by atoms with Gasteiger partial charge in [-0.1, -0.05) is 32.1 Å². The second-order valence-corrected chi connectivity index (χ2v) is 16.5. The van der Waals surface area contributed by atoms with Crippen molar-refractivity contribution in [2.24, 2.45) is 4.99 Å². The van der Waals surface area contributed by atoms with Crippen LogP contribution >= 0.6 is 0 Å². The Bertz CT molecular complexity index is 1150. The Labute approximate surface area is 202 Å². The topological polar surface area (TPSA) is 73.8 Å². The number of amides is 3. The van der Waals surface area contributed by atoms with Gasteiger partial charge in [0.05, 0.1) is 38.0 Å². The molecule has 4 rings (SSSR count). The molecular formula is C24H30F4N4O2Si. The van der Waals surface area contributed by atoms with Crippen LogP contribution in [0.2, 0.25) is 24.7 Å². The Morgan fingerprint density at radius 2 is 1.77 bits per heavy atom. The SMILES string of the molecule is CC1(C)C2=C(CN1C(=O)Nc1c(F)cccc1C(F)(F)F)C(NC(=O)C1([Si](C)(C)C)CCC1)=NC2. The number of amidine groups is 1. The lowest BCUT2D eigenvalue weighted by atomic mass is 9.83. The van der Waals surface area contributed by atoms with Gasteiger partial charge in [-0.05, 0) is 44.4 Å². The molecule has 0 unspecified atom stereocenters. The molecule has 0 radical (unpaired) electrons. The summed E-state index contributed by atoms with van der Waals surface area (Å²) >= 11 is 0. The predicted octanol–water partition coefficient (Wildman–Crippen LogP) is 5.56. The van der Waals surface area contributed by atoms with E-state index in [1.807, 2.05) is 0 Å². The van der Waals surface area contributed by atoms with E-state index in [1.165, 1.54) is 4.90 Å². The van der Waals surface area contributed by atoms with Gasteiger partial charge in [-0.25, -0.2) is 9.18 Å². The Kier molecular flexibility index (Phi) is 5.93. The number of urea groups is 1. The highest BCUT2D eigenvalue weighted by atomic mass is 28.3. The van der Waals surface area contributed by atoms with E-state index in [0.29, 0.717) is 11.4 Å². The van der Waals surface area contributed by atoms with Crippen molar-refractivity contribution in [2.75, 3.05) is 18.4 Å². The summed E-state index contributed by atoms with van der Waals surface area (Å²) in [6.07, 6.45) is -2.13. The molecule has 1 aromatic rings. The number of nitrogens with zero attached hydrogens (tertiary/aromatic N) is 2. The molecule has 190 valence electrons. The van der Waals surface area contributed by atoms with Gasteiger partial charge in [0.2, 0.25) is 5.91 Å². The molecule has 0 aromatic heterocycles. The third-order valence-electron chi connectivity index (χ3n) is 7.88. The fourth-order valence-electron chi connectivity index (χ4n) is 5.32. The number of rotatable bonds is 3. The zero-order valence-corrected chi connectivity index (χ0v) is 21.5. The van der Waals surface area contributed by atoms with Crippen molar-refractivity contribution in [3.8, 4) is 0 Å². The van der Waals surface area contributed by atoms with Gasteiger partial charge in [0.1, 0.15) is 11.7 Å². The van der Waals surface area contributed by atoms with Crippen molar-refractivity contribution < 1.29 is 27.2 Å². The minimum Gasteiger partial charge on any atom is -0.311 e. The van der Waals surface area contributed by atoms with Crippen molar-refractivity contribution in [3.05, 3.63) is 40.7 Å². The molecule has 1 saturated carbocycles. The number of anilines is 1. The average molecular weight is 511 g/mol. The fourth-order valence-corrected chi connectivity index (χ4v) is 7.92. The molecule has 3 aliphatic rings. The Morgan fingerprint density at radius 3 is 2.31 bits per heavy atom. The van der Waals surface area contributed by atoms with Crippen LogP contribution in [0.1, 0.15) is 38.7 Å². The minimum absolute atomic E-state index is 0.0442. The number of alkyl halides is 3. The first-order valence-corrected chi connectivity index (χ1v) is 15.1. The first-order valence-electron chi connectivity index (χ1n) is 11.6. The van der Waals surface area contributed by atoms with Gasteiger partial charge in [-0.2, -0.15) is 13.2 Å². The van der Waals surface area contributed by atoms with E-state index in [1.54, 1.807) is 13.8 Å². The summed E-state index contributed by atoms with van der Waals surface area (Å²) in [5, 5.41) is 4.78. The molecule has 0 spiro atoms. The molecule has 6 nitrogen and oxygen atoms in total. The summed E-state index contributed by atoms with van der Waals surface area (Å²) < 4.78 is 54.5. The van der Waals surface area contributed by atoms with Gasteiger partial charge in [-0.15, -0.1) is 0 Å². The molecule has 0 atom stereocenters. The lowest BCUT2D eigenvalue weighted by Gasteiger charge is -2.49. The lowest BCUT2D eigenvalue weighted by Crippen LogP contribution is -2.55. The number of carbonyl (C=O) groups excluding carboxylic acids is 2. The largest absolute Gasteiger partial charge is 0.418 e. The van der Waals surface area contributed by atoms with Crippen molar-refractivity contribution in [1.82, 2.24) is 10.2 Å². The van der Waals surface area contributed by atoms with Gasteiger partial charge >= 0.3 is 12.2 Å². The summed E-state index contributed by atoms with van der Waals surface area (Å²) in [5.41, 5.74) is -1.55. The zero-order chi connectivity index (χ0) is 26.0. The monoisotopic (exact) mass is 510 g/mol. The summed E-state index contributed by atoms with van der Waals surface area (Å²) in [7, 11) is -1.81. The molecule has 1 fully saturated rings. The maximum absolute atomic E-state index is 14.3. The predicted molar refractivity (Wildman–Crippen MR) is 129 cm³/mol. The van der Waals surface area contributed by atoms with Crippen LogP contribution in [0.5, 0.6) is 0 Å². The number of nitrogens with one attached hydrogen (secondary N) is 2. The fraction of sp³-hybridized carbons (Fsp3) is 0.542. The van der Waals surface area contributed by atoms with Gasteiger partial charge in [0.25, 0.3) is 0 Å². The molecule has 2 N–H and O–H groups in total. The number of hydrogen-bond donors (Lipinski definition) is 2. The van der Waals surface area contributed by atoms with Crippen LogP contribution in [0, 0.1) is 5.82 Å². The van der Waals surface area contributed by atoms with E-state index < -0.39 is 42.9 Å². The van der Waals surface area contributed by atoms with E-state index in [9.17, 15) is 27.2 Å². The number of carbonyl (C=O) groups is 2. The van der Waals surface area contributed by atoms with E-state index in [0.717, 1.165) is 43.0 Å². The molecule has 35 heavy (non-hydrogen) atoms. The van der Waals surface area contributed by atoms with Crippen molar-refractivity contribution in [3.63, 3.8) is 0 Å². The van der Waals surface area contributed by atoms with Crippen LogP contribution in [-0.4, -0.2) is 49.4 Å². The van der Waals surface area contributed by atoms with Crippen LogP contribution in [0.15, 0.2) is 34.3 Å². The smallest absolute Gasteiger partial charge is 0.311 e. The number of halogens is 4. The molecule has 0 bridgehead atoms. The lowest BCUT2D eigenvalue weighted by molar-refractivity contribution is -0.137. The molecule has 11 heteroatoms. The van der Waals surface area contributed by atoms with E-state index in [-0.39, 0.29) is 24.0 Å². The van der Waals surface area contributed by atoms with E-state index >= 15 is 0 Å². The van der Waals surface area contributed by atoms with Crippen LogP contribution in [-0.2, 0) is 11.0 Å². The highest BCUT2D eigenvalue weighted by Crippen LogP contribution is 2.55. The third kappa shape index (κ3) is 4.07. The second kappa shape index (κ2) is 8.18. The molecule has 1 aliphatic carbocycles. The van der Waals surface area contributed by atoms with Gasteiger partial charge < -0.3 is 15.5 Å². The number of aliphatic imine (C=N–C) groups is 1. The van der Waals surface area contributed by atoms with Crippen molar-refractivity contribution in [1.29, 1.82) is 0 Å². The Balaban J connectivity index is 1.54. The van der Waals surface area contributed by atoms with Crippen LogP contribution in [0.4, 0.5) is 28.0 Å². The summed E-state index contributed by atoms with van der Waals surface area (Å²) in [6, 6.07) is 1.68. The molecular weight excluding hydrogens is 480 g/mol. The highest BCUT2D eigenvalue weighted by Gasteiger charge is 2.54. The van der Waals surface area contributed by atoms with Gasteiger partial charge in [0, 0.05) is 10.6 Å². The van der Waals surface area contributed by atoms with Crippen LogP contribution in [0.25, 0.3) is 0 Å². The highest BCUT2D eigenvalue weighted by molar-refractivity contribution is 6.82. The van der Waals surface area contributed by atoms with Crippen LogP contribution < -0.4 is 10.6 Å². The molecule has 3 amide bonds. The van der Waals surface area contributed by atoms with Crippen molar-refractivity contribution in [2.45, 2.75) is 69.5 Å². The molecule has 2 heterocycles. The second-order valence-electron chi connectivity index (χ2n) is 11.0. The Morgan fingerprint density at radius 1 is 1.11 bits per heavy atom. The normalized spacial score (nSPS) is 20.8. The molecule has 1 aromatic carbocycles. The number of benzene rings is 1. The maximum atomic E-state index is 14.3. The summed E-state index contributed by atoms with van der Waals surface area (Å²) in [4.78, 5) is 32.3. The minimum atomic E-state index is -4.83. The average Bonchev–Trinajstić information content (AvgIpc) is 3.18. The first-order chi connectivity index (χ1) is 16.1. The van der Waals surface area contributed by atoms with Gasteiger partial charge in [-0.3, -0.25) is 9.79 Å². The molecule has 0 saturated heterocycles. The van der Waals surface area contributed by atoms with E-state index in [4.69, 9.17) is 0 Å². The number of para-hydroxylation sites is 1. The Hall–Kier alpha value is -2.69. The van der Waals surface area contributed by atoms with Crippen molar-refractivity contribution >= 4 is 31.5 Å². The summed E-state index contributed by atoms with van der Waals surface area (Å²) in [6.45, 7) is 10.4. The van der Waals surface area contributed by atoms with E-state index in [2.05, 4.69) is 35.3 Å². The number of hydrogen-bond acceptors (Lipinski definition) is 3. The molecule has 2 aliphatic heterocycles. The van der Waals surface area contributed by atoms with Crippen LogP contribution in [0.3, 0.4) is 0 Å².